The molecule has 0 aliphatic heterocycles. The number of rotatable bonds is 7. The van der Waals surface area contributed by atoms with Gasteiger partial charge in [0.05, 0.1) is 0 Å². The van der Waals surface area contributed by atoms with Gasteiger partial charge in [-0.2, -0.15) is 4.98 Å². The maximum absolute atomic E-state index is 5.65. The lowest BCUT2D eigenvalue weighted by Gasteiger charge is -2.26. The smallest absolute Gasteiger partial charge is 0.230 e. The van der Waals surface area contributed by atoms with Crippen LogP contribution in [0.25, 0.3) is 22.5 Å². The van der Waals surface area contributed by atoms with Gasteiger partial charge in [0.2, 0.25) is 11.7 Å². The van der Waals surface area contributed by atoms with Crippen molar-refractivity contribution in [2.45, 2.75) is 71.1 Å². The van der Waals surface area contributed by atoms with E-state index < -0.39 is 0 Å². The van der Waals surface area contributed by atoms with Gasteiger partial charge >= 0.3 is 0 Å². The lowest BCUT2D eigenvalue weighted by molar-refractivity contribution is 0.260. The highest BCUT2D eigenvalue weighted by molar-refractivity contribution is 5.67. The standard InChI is InChI=1S/C26H32N2O/c1-3-5-6-20-9-13-24(14-10-20)26-27-25(28-29-26)23-17-15-22(16-18-23)21-11-7-19(4-2)8-12-21/h7-8,11-12,15-18,20,24H,3-6,9-10,13-14H2,1-2H3. The number of nitrogens with zero attached hydrogens (tertiary/aromatic N) is 2. The molecule has 1 fully saturated rings. The summed E-state index contributed by atoms with van der Waals surface area (Å²) in [6, 6.07) is 17.3. The first-order valence-electron chi connectivity index (χ1n) is 11.3. The van der Waals surface area contributed by atoms with E-state index in [0.29, 0.717) is 11.7 Å². The molecule has 3 nitrogen and oxygen atoms in total. The molecule has 0 saturated heterocycles. The van der Waals surface area contributed by atoms with Crippen molar-refractivity contribution >= 4 is 0 Å². The Kier molecular flexibility index (Phi) is 6.43. The van der Waals surface area contributed by atoms with Crippen LogP contribution in [0.4, 0.5) is 0 Å². The van der Waals surface area contributed by atoms with Crippen LogP contribution >= 0.6 is 0 Å². The Labute approximate surface area is 174 Å². The number of aromatic nitrogens is 2. The molecule has 3 aromatic rings. The maximum Gasteiger partial charge on any atom is 0.230 e. The zero-order chi connectivity index (χ0) is 20.1. The maximum atomic E-state index is 5.65. The summed E-state index contributed by atoms with van der Waals surface area (Å²) in [5.41, 5.74) is 4.84. The molecule has 1 aliphatic carbocycles. The van der Waals surface area contributed by atoms with Crippen LogP contribution in [0, 0.1) is 5.92 Å². The van der Waals surface area contributed by atoms with Crippen LogP contribution in [0.2, 0.25) is 0 Å². The van der Waals surface area contributed by atoms with Crippen LogP contribution in [0.15, 0.2) is 53.1 Å². The van der Waals surface area contributed by atoms with Crippen LogP contribution in [0.5, 0.6) is 0 Å². The van der Waals surface area contributed by atoms with Crippen LogP contribution in [0.3, 0.4) is 0 Å². The predicted molar refractivity (Wildman–Crippen MR) is 119 cm³/mol. The molecule has 0 spiro atoms. The first-order valence-corrected chi connectivity index (χ1v) is 11.3. The van der Waals surface area contributed by atoms with E-state index in [4.69, 9.17) is 9.51 Å². The van der Waals surface area contributed by atoms with E-state index in [1.54, 1.807) is 0 Å². The second-order valence-electron chi connectivity index (χ2n) is 8.44. The largest absolute Gasteiger partial charge is 0.339 e. The molecule has 1 saturated carbocycles. The zero-order valence-corrected chi connectivity index (χ0v) is 17.7. The van der Waals surface area contributed by atoms with Gasteiger partial charge in [-0.1, -0.05) is 86.8 Å². The van der Waals surface area contributed by atoms with Crippen LogP contribution in [-0.2, 0) is 6.42 Å². The lowest BCUT2D eigenvalue weighted by Crippen LogP contribution is -2.13. The van der Waals surface area contributed by atoms with Gasteiger partial charge in [0.25, 0.3) is 0 Å². The third-order valence-corrected chi connectivity index (χ3v) is 6.44. The summed E-state index contributed by atoms with van der Waals surface area (Å²) in [6.07, 6.45) is 10.1. The third kappa shape index (κ3) is 4.77. The first kappa shape index (κ1) is 19.9. The van der Waals surface area contributed by atoms with Gasteiger partial charge in [-0.15, -0.1) is 0 Å². The van der Waals surface area contributed by atoms with E-state index in [1.807, 2.05) is 0 Å². The minimum atomic E-state index is 0.436. The highest BCUT2D eigenvalue weighted by atomic mass is 16.5. The van der Waals surface area contributed by atoms with Gasteiger partial charge in [-0.3, -0.25) is 0 Å². The van der Waals surface area contributed by atoms with Crippen molar-refractivity contribution in [1.29, 1.82) is 0 Å². The van der Waals surface area contributed by atoms with Crippen molar-refractivity contribution in [3.05, 3.63) is 60.0 Å². The average molecular weight is 389 g/mol. The number of hydrogen-bond donors (Lipinski definition) is 0. The molecular formula is C26H32N2O. The van der Waals surface area contributed by atoms with Crippen molar-refractivity contribution < 1.29 is 4.52 Å². The molecular weight excluding hydrogens is 356 g/mol. The molecule has 1 heterocycles. The second-order valence-corrected chi connectivity index (χ2v) is 8.44. The summed E-state index contributed by atoms with van der Waals surface area (Å²) in [5, 5.41) is 4.27. The Bertz CT molecular complexity index is 887. The Morgan fingerprint density at radius 1 is 0.828 bits per heavy atom. The lowest BCUT2D eigenvalue weighted by atomic mass is 9.80. The van der Waals surface area contributed by atoms with Gasteiger partial charge in [-0.05, 0) is 54.7 Å². The van der Waals surface area contributed by atoms with E-state index in [9.17, 15) is 0 Å². The summed E-state index contributed by atoms with van der Waals surface area (Å²) in [4.78, 5) is 4.74. The topological polar surface area (TPSA) is 38.9 Å². The molecule has 0 amide bonds. The summed E-state index contributed by atoms with van der Waals surface area (Å²) < 4.78 is 5.65. The number of unbranched alkanes of at least 4 members (excludes halogenated alkanes) is 1. The SMILES string of the molecule is CCCCC1CCC(c2nc(-c3ccc(-c4ccc(CC)cc4)cc3)no2)CC1. The van der Waals surface area contributed by atoms with Crippen molar-refractivity contribution in [1.82, 2.24) is 10.1 Å². The Morgan fingerprint density at radius 3 is 2.07 bits per heavy atom. The summed E-state index contributed by atoms with van der Waals surface area (Å²) in [5.74, 6) is 2.87. The van der Waals surface area contributed by atoms with E-state index in [0.717, 1.165) is 23.8 Å². The van der Waals surface area contributed by atoms with E-state index >= 15 is 0 Å². The molecule has 29 heavy (non-hydrogen) atoms. The van der Waals surface area contributed by atoms with Crippen LogP contribution in [0.1, 0.15) is 76.2 Å². The minimum Gasteiger partial charge on any atom is -0.339 e. The second kappa shape index (κ2) is 9.39. The Hall–Kier alpha value is -2.42. The summed E-state index contributed by atoms with van der Waals surface area (Å²) in [6.45, 7) is 4.46. The van der Waals surface area contributed by atoms with Gasteiger partial charge < -0.3 is 4.52 Å². The molecule has 3 heteroatoms. The highest BCUT2D eigenvalue weighted by Crippen LogP contribution is 2.37. The fraction of sp³-hybridized carbons (Fsp3) is 0.462. The van der Waals surface area contributed by atoms with E-state index in [-0.39, 0.29) is 0 Å². The predicted octanol–water partition coefficient (Wildman–Crippen LogP) is 7.43. The molecule has 1 aromatic heterocycles. The van der Waals surface area contributed by atoms with Crippen molar-refractivity contribution in [3.8, 4) is 22.5 Å². The zero-order valence-electron chi connectivity index (χ0n) is 17.7. The quantitative estimate of drug-likeness (QED) is 0.422. The number of hydrogen-bond acceptors (Lipinski definition) is 3. The average Bonchev–Trinajstić information content (AvgIpc) is 3.28. The molecule has 152 valence electrons. The highest BCUT2D eigenvalue weighted by Gasteiger charge is 2.26. The van der Waals surface area contributed by atoms with E-state index in [1.165, 1.54) is 61.6 Å². The molecule has 0 bridgehead atoms. The van der Waals surface area contributed by atoms with Gasteiger partial charge in [0.1, 0.15) is 0 Å². The number of benzene rings is 2. The normalized spacial score (nSPS) is 19.4. The molecule has 0 atom stereocenters. The number of aryl methyl sites for hydroxylation is 1. The van der Waals surface area contributed by atoms with E-state index in [2.05, 4.69) is 67.5 Å². The third-order valence-electron chi connectivity index (χ3n) is 6.44. The Balaban J connectivity index is 1.40. The van der Waals surface area contributed by atoms with Gasteiger partial charge in [0.15, 0.2) is 0 Å². The fourth-order valence-electron chi connectivity index (χ4n) is 4.45. The van der Waals surface area contributed by atoms with Crippen molar-refractivity contribution in [2.24, 2.45) is 5.92 Å². The first-order chi connectivity index (χ1) is 14.3. The van der Waals surface area contributed by atoms with Gasteiger partial charge in [-0.25, -0.2) is 0 Å². The minimum absolute atomic E-state index is 0.436. The summed E-state index contributed by atoms with van der Waals surface area (Å²) >= 11 is 0. The van der Waals surface area contributed by atoms with Crippen LogP contribution < -0.4 is 0 Å². The molecule has 2 aromatic carbocycles. The van der Waals surface area contributed by atoms with Crippen molar-refractivity contribution in [3.63, 3.8) is 0 Å². The van der Waals surface area contributed by atoms with Crippen molar-refractivity contribution in [2.75, 3.05) is 0 Å². The monoisotopic (exact) mass is 388 g/mol. The molecule has 1 aliphatic rings. The van der Waals surface area contributed by atoms with Gasteiger partial charge in [0, 0.05) is 11.5 Å². The summed E-state index contributed by atoms with van der Waals surface area (Å²) in [7, 11) is 0. The molecule has 0 unspecified atom stereocenters. The Morgan fingerprint density at radius 2 is 1.45 bits per heavy atom. The van der Waals surface area contributed by atoms with Crippen LogP contribution in [-0.4, -0.2) is 10.1 Å². The molecule has 0 radical (unpaired) electrons. The molecule has 4 rings (SSSR count). The fourth-order valence-corrected chi connectivity index (χ4v) is 4.45. The molecule has 0 N–H and O–H groups in total.